The summed E-state index contributed by atoms with van der Waals surface area (Å²) in [5.41, 5.74) is 0.944. The maximum atomic E-state index is 13.1. The van der Waals surface area contributed by atoms with Crippen LogP contribution in [0.4, 0.5) is 19.0 Å². The fourth-order valence-corrected chi connectivity index (χ4v) is 3.29. The molecule has 1 fully saturated rings. The Kier molecular flexibility index (Phi) is 4.43. The van der Waals surface area contributed by atoms with E-state index in [-0.39, 0.29) is 17.8 Å². The second-order valence-electron chi connectivity index (χ2n) is 6.36. The van der Waals surface area contributed by atoms with Crippen LogP contribution in [0.1, 0.15) is 24.4 Å². The summed E-state index contributed by atoms with van der Waals surface area (Å²) >= 11 is 6.05. The third kappa shape index (κ3) is 3.44. The van der Waals surface area contributed by atoms with E-state index in [2.05, 4.69) is 15.3 Å². The summed E-state index contributed by atoms with van der Waals surface area (Å²) in [6.45, 7) is 2.77. The number of halogens is 4. The maximum absolute atomic E-state index is 13.1. The first-order chi connectivity index (χ1) is 12.8. The number of anilines is 1. The van der Waals surface area contributed by atoms with Crippen molar-refractivity contribution in [2.75, 3.05) is 18.1 Å². The van der Waals surface area contributed by atoms with Gasteiger partial charge in [0, 0.05) is 5.02 Å². The number of nitrogens with zero attached hydrogens (tertiary/aromatic N) is 5. The first-order valence-electron chi connectivity index (χ1n) is 8.26. The predicted molar refractivity (Wildman–Crippen MR) is 92.7 cm³/mol. The fourth-order valence-electron chi connectivity index (χ4n) is 3.09. The smallest absolute Gasteiger partial charge is 0.370 e. The lowest BCUT2D eigenvalue weighted by Gasteiger charge is -2.39. The number of benzene rings is 1. The summed E-state index contributed by atoms with van der Waals surface area (Å²) in [5.74, 6) is -0.748. The van der Waals surface area contributed by atoms with E-state index in [9.17, 15) is 13.2 Å². The summed E-state index contributed by atoms with van der Waals surface area (Å²) in [6.07, 6.45) is -4.90. The summed E-state index contributed by atoms with van der Waals surface area (Å²) in [6, 6.07) is 10.4. The van der Waals surface area contributed by atoms with Crippen LogP contribution in [0.3, 0.4) is 0 Å². The molecule has 2 atom stereocenters. The molecule has 0 saturated carbocycles. The maximum Gasteiger partial charge on any atom is 0.453 e. The number of aromatic nitrogens is 4. The third-order valence-electron chi connectivity index (χ3n) is 4.45. The fraction of sp³-hybridized carbons (Fsp3) is 0.353. The molecule has 2 unspecified atom stereocenters. The highest BCUT2D eigenvalue weighted by atomic mass is 35.5. The Balaban J connectivity index is 1.68. The lowest BCUT2D eigenvalue weighted by atomic mass is 10.1. The minimum absolute atomic E-state index is 0.0402. The average Bonchev–Trinajstić information content (AvgIpc) is 3.05. The van der Waals surface area contributed by atoms with E-state index in [0.29, 0.717) is 24.0 Å². The van der Waals surface area contributed by atoms with Crippen molar-refractivity contribution in [1.82, 2.24) is 19.8 Å². The minimum Gasteiger partial charge on any atom is -0.370 e. The van der Waals surface area contributed by atoms with Crippen molar-refractivity contribution in [2.24, 2.45) is 0 Å². The molecule has 2 aromatic heterocycles. The summed E-state index contributed by atoms with van der Waals surface area (Å²) in [4.78, 5) is 1.91. The van der Waals surface area contributed by atoms with Crippen molar-refractivity contribution in [1.29, 1.82) is 0 Å². The molecular weight excluding hydrogens is 383 g/mol. The number of hydrogen-bond acceptors (Lipinski definition) is 5. The number of alkyl halides is 3. The zero-order chi connectivity index (χ0) is 19.2. The minimum atomic E-state index is -4.63. The Morgan fingerprint density at radius 2 is 2.00 bits per heavy atom. The quantitative estimate of drug-likeness (QED) is 0.659. The molecule has 1 aromatic carbocycles. The zero-order valence-corrected chi connectivity index (χ0v) is 14.9. The van der Waals surface area contributed by atoms with Crippen molar-refractivity contribution in [3.05, 3.63) is 52.8 Å². The van der Waals surface area contributed by atoms with Gasteiger partial charge in [-0.25, -0.2) is 0 Å². The van der Waals surface area contributed by atoms with Gasteiger partial charge in [-0.05, 0) is 36.8 Å². The molecule has 0 spiro atoms. The van der Waals surface area contributed by atoms with E-state index < -0.39 is 12.0 Å². The second-order valence-corrected chi connectivity index (χ2v) is 6.80. The highest BCUT2D eigenvalue weighted by Crippen LogP contribution is 2.31. The molecule has 4 rings (SSSR count). The van der Waals surface area contributed by atoms with Gasteiger partial charge in [-0.1, -0.05) is 23.7 Å². The lowest BCUT2D eigenvalue weighted by molar-refractivity contribution is -0.146. The number of fused-ring (bicyclic) bond motifs is 1. The van der Waals surface area contributed by atoms with Crippen LogP contribution in [-0.2, 0) is 10.9 Å². The highest BCUT2D eigenvalue weighted by Gasteiger charge is 2.38. The van der Waals surface area contributed by atoms with Crippen LogP contribution in [0.5, 0.6) is 0 Å². The van der Waals surface area contributed by atoms with Gasteiger partial charge in [0.05, 0.1) is 19.2 Å². The van der Waals surface area contributed by atoms with Crippen LogP contribution >= 0.6 is 11.6 Å². The molecule has 0 aliphatic carbocycles. The first-order valence-corrected chi connectivity index (χ1v) is 8.64. The molecule has 3 heterocycles. The standard InChI is InChI=1S/C17H15ClF3N5O/c1-10-9-27-13(11-3-2-4-12(18)7-11)8-25(10)15-6-5-14-22-23-16(17(19,20)21)26(14)24-15/h2-7,10,13H,8-9H2,1H3. The zero-order valence-electron chi connectivity index (χ0n) is 14.2. The van der Waals surface area contributed by atoms with Crippen molar-refractivity contribution in [3.63, 3.8) is 0 Å². The van der Waals surface area contributed by atoms with Crippen molar-refractivity contribution in [2.45, 2.75) is 25.2 Å². The van der Waals surface area contributed by atoms with Gasteiger partial charge in [0.25, 0.3) is 5.82 Å². The first kappa shape index (κ1) is 18.0. The van der Waals surface area contributed by atoms with Crippen LogP contribution in [0.2, 0.25) is 5.02 Å². The van der Waals surface area contributed by atoms with Gasteiger partial charge in [0.15, 0.2) is 5.65 Å². The van der Waals surface area contributed by atoms with Gasteiger partial charge in [0.2, 0.25) is 0 Å². The number of rotatable bonds is 2. The monoisotopic (exact) mass is 397 g/mol. The lowest BCUT2D eigenvalue weighted by Crippen LogP contribution is -2.45. The van der Waals surface area contributed by atoms with Gasteiger partial charge >= 0.3 is 6.18 Å². The molecular formula is C17H15ClF3N5O. The van der Waals surface area contributed by atoms with Crippen LogP contribution in [0.15, 0.2) is 36.4 Å². The topological polar surface area (TPSA) is 55.5 Å². The molecule has 0 N–H and O–H groups in total. The molecule has 142 valence electrons. The molecule has 0 radical (unpaired) electrons. The number of morpholine rings is 1. The molecule has 0 bridgehead atoms. The third-order valence-corrected chi connectivity index (χ3v) is 4.69. The summed E-state index contributed by atoms with van der Waals surface area (Å²) < 4.78 is 46.0. The number of ether oxygens (including phenoxy) is 1. The molecule has 27 heavy (non-hydrogen) atoms. The molecule has 3 aromatic rings. The molecule has 1 saturated heterocycles. The Labute approximate surface area is 157 Å². The highest BCUT2D eigenvalue weighted by molar-refractivity contribution is 6.30. The van der Waals surface area contributed by atoms with Crippen LogP contribution in [-0.4, -0.2) is 39.0 Å². The molecule has 6 nitrogen and oxygen atoms in total. The van der Waals surface area contributed by atoms with Crippen LogP contribution in [0, 0.1) is 0 Å². The van der Waals surface area contributed by atoms with Gasteiger partial charge in [-0.2, -0.15) is 17.7 Å². The summed E-state index contributed by atoms with van der Waals surface area (Å²) in [7, 11) is 0. The normalized spacial score (nSPS) is 21.0. The molecule has 1 aliphatic heterocycles. The van der Waals surface area contributed by atoms with E-state index in [1.54, 1.807) is 12.1 Å². The van der Waals surface area contributed by atoms with Crippen molar-refractivity contribution in [3.8, 4) is 0 Å². The predicted octanol–water partition coefficient (Wildman–Crippen LogP) is 3.76. The SMILES string of the molecule is CC1COC(c2cccc(Cl)c2)CN1c1ccc2nnc(C(F)(F)F)n2n1. The van der Waals surface area contributed by atoms with Crippen molar-refractivity contribution >= 4 is 23.1 Å². The van der Waals surface area contributed by atoms with Gasteiger partial charge in [0.1, 0.15) is 11.9 Å². The van der Waals surface area contributed by atoms with E-state index >= 15 is 0 Å². The Hall–Kier alpha value is -2.39. The van der Waals surface area contributed by atoms with Gasteiger partial charge in [-0.15, -0.1) is 15.3 Å². The Morgan fingerprint density at radius 1 is 1.19 bits per heavy atom. The molecule has 0 amide bonds. The van der Waals surface area contributed by atoms with Crippen LogP contribution in [0.25, 0.3) is 5.65 Å². The Morgan fingerprint density at radius 3 is 2.74 bits per heavy atom. The molecule has 1 aliphatic rings. The van der Waals surface area contributed by atoms with Crippen LogP contribution < -0.4 is 4.90 Å². The van der Waals surface area contributed by atoms with E-state index in [0.717, 1.165) is 10.1 Å². The van der Waals surface area contributed by atoms with Crippen molar-refractivity contribution < 1.29 is 17.9 Å². The average molecular weight is 398 g/mol. The largest absolute Gasteiger partial charge is 0.453 e. The number of hydrogen-bond donors (Lipinski definition) is 0. The van der Waals surface area contributed by atoms with E-state index in [4.69, 9.17) is 16.3 Å². The van der Waals surface area contributed by atoms with E-state index in [1.807, 2.05) is 30.0 Å². The summed E-state index contributed by atoms with van der Waals surface area (Å²) in [5, 5.41) is 11.5. The molecule has 10 heteroatoms. The second kappa shape index (κ2) is 6.65. The van der Waals surface area contributed by atoms with Gasteiger partial charge < -0.3 is 9.64 Å². The van der Waals surface area contributed by atoms with Gasteiger partial charge in [-0.3, -0.25) is 0 Å². The Bertz CT molecular complexity index is 977. The van der Waals surface area contributed by atoms with E-state index in [1.165, 1.54) is 6.07 Å².